The van der Waals surface area contributed by atoms with Gasteiger partial charge >= 0.3 is 5.97 Å². The molecular weight excluding hydrogens is 418 g/mol. The number of halogens is 2. The van der Waals surface area contributed by atoms with Gasteiger partial charge in [0.05, 0.1) is 13.0 Å². The zero-order valence-corrected chi connectivity index (χ0v) is 16.7. The van der Waals surface area contributed by atoms with Crippen LogP contribution in [0.3, 0.4) is 0 Å². The SMILES string of the molecule is CCOC(=O)CN1CC(c2ccccc2Br)c2cc(Cl)ccc2CC1=O. The van der Waals surface area contributed by atoms with Crippen molar-refractivity contribution >= 4 is 39.4 Å². The first-order valence-electron chi connectivity index (χ1n) is 8.45. The van der Waals surface area contributed by atoms with E-state index in [2.05, 4.69) is 15.9 Å². The number of rotatable bonds is 4. The average molecular weight is 437 g/mol. The van der Waals surface area contributed by atoms with Gasteiger partial charge in [0.15, 0.2) is 0 Å². The van der Waals surface area contributed by atoms with Crippen molar-refractivity contribution in [3.05, 3.63) is 68.7 Å². The molecule has 0 aromatic heterocycles. The van der Waals surface area contributed by atoms with Crippen molar-refractivity contribution in [1.82, 2.24) is 4.90 Å². The van der Waals surface area contributed by atoms with Crippen molar-refractivity contribution in [2.45, 2.75) is 19.3 Å². The summed E-state index contributed by atoms with van der Waals surface area (Å²) in [6.45, 7) is 2.40. The fraction of sp³-hybridized carbons (Fsp3) is 0.300. The Kier molecular flexibility index (Phi) is 5.99. The number of carbonyl (C=O) groups is 2. The van der Waals surface area contributed by atoms with Gasteiger partial charge in [-0.2, -0.15) is 0 Å². The number of hydrogen-bond acceptors (Lipinski definition) is 3. The molecule has 1 amide bonds. The summed E-state index contributed by atoms with van der Waals surface area (Å²) >= 11 is 9.85. The van der Waals surface area contributed by atoms with Gasteiger partial charge < -0.3 is 9.64 Å². The lowest BCUT2D eigenvalue weighted by molar-refractivity contribution is -0.148. The van der Waals surface area contributed by atoms with Gasteiger partial charge in [-0.05, 0) is 41.8 Å². The summed E-state index contributed by atoms with van der Waals surface area (Å²) in [5, 5.41) is 0.632. The molecule has 6 heteroatoms. The fourth-order valence-corrected chi connectivity index (χ4v) is 4.03. The minimum atomic E-state index is -0.393. The van der Waals surface area contributed by atoms with Gasteiger partial charge in [-0.3, -0.25) is 9.59 Å². The maximum Gasteiger partial charge on any atom is 0.325 e. The first-order valence-corrected chi connectivity index (χ1v) is 9.62. The van der Waals surface area contributed by atoms with Crippen LogP contribution in [0.5, 0.6) is 0 Å². The maximum atomic E-state index is 12.7. The van der Waals surface area contributed by atoms with Crippen molar-refractivity contribution in [2.75, 3.05) is 19.7 Å². The number of fused-ring (bicyclic) bond motifs is 1. The van der Waals surface area contributed by atoms with E-state index in [0.29, 0.717) is 18.2 Å². The van der Waals surface area contributed by atoms with Crippen molar-refractivity contribution < 1.29 is 14.3 Å². The number of esters is 1. The van der Waals surface area contributed by atoms with E-state index in [4.69, 9.17) is 16.3 Å². The largest absolute Gasteiger partial charge is 0.465 e. The van der Waals surface area contributed by atoms with Gasteiger partial charge in [-0.25, -0.2) is 0 Å². The number of amides is 1. The predicted octanol–water partition coefficient (Wildman–Crippen LogP) is 4.18. The molecule has 0 saturated carbocycles. The highest BCUT2D eigenvalue weighted by Crippen LogP contribution is 2.36. The van der Waals surface area contributed by atoms with Crippen LogP contribution < -0.4 is 0 Å². The third kappa shape index (κ3) is 4.10. The monoisotopic (exact) mass is 435 g/mol. The summed E-state index contributed by atoms with van der Waals surface area (Å²) in [6.07, 6.45) is 0.243. The Bertz CT molecular complexity index is 840. The highest BCUT2D eigenvalue weighted by molar-refractivity contribution is 9.10. The lowest BCUT2D eigenvalue weighted by Crippen LogP contribution is -2.38. The van der Waals surface area contributed by atoms with E-state index in [1.54, 1.807) is 17.9 Å². The second-order valence-corrected chi connectivity index (χ2v) is 7.46. The van der Waals surface area contributed by atoms with E-state index in [-0.39, 0.29) is 24.8 Å². The minimum absolute atomic E-state index is 0.0463. The molecule has 2 aromatic rings. The zero-order valence-electron chi connectivity index (χ0n) is 14.4. The Labute approximate surface area is 166 Å². The first-order chi connectivity index (χ1) is 12.5. The maximum absolute atomic E-state index is 12.7. The van der Waals surface area contributed by atoms with Gasteiger partial charge in [0.25, 0.3) is 0 Å². The highest BCUT2D eigenvalue weighted by Gasteiger charge is 2.31. The summed E-state index contributed by atoms with van der Waals surface area (Å²) in [7, 11) is 0. The molecule has 3 rings (SSSR count). The van der Waals surface area contributed by atoms with Crippen LogP contribution in [0.1, 0.15) is 29.5 Å². The third-order valence-corrected chi connectivity index (χ3v) is 5.44. The van der Waals surface area contributed by atoms with Crippen molar-refractivity contribution in [3.63, 3.8) is 0 Å². The lowest BCUT2D eigenvalue weighted by atomic mass is 9.88. The summed E-state index contributed by atoms with van der Waals surface area (Å²) < 4.78 is 5.99. The van der Waals surface area contributed by atoms with Crippen LogP contribution in [-0.2, 0) is 20.7 Å². The van der Waals surface area contributed by atoms with Gasteiger partial charge in [0, 0.05) is 22.0 Å². The van der Waals surface area contributed by atoms with Crippen LogP contribution in [0.25, 0.3) is 0 Å². The average Bonchev–Trinajstić information content (AvgIpc) is 2.73. The Morgan fingerprint density at radius 2 is 2.04 bits per heavy atom. The summed E-state index contributed by atoms with van der Waals surface area (Å²) in [4.78, 5) is 26.3. The Morgan fingerprint density at radius 1 is 1.27 bits per heavy atom. The molecule has 0 N–H and O–H groups in total. The molecule has 136 valence electrons. The lowest BCUT2D eigenvalue weighted by Gasteiger charge is -2.25. The topological polar surface area (TPSA) is 46.6 Å². The smallest absolute Gasteiger partial charge is 0.325 e. The normalized spacial score (nSPS) is 16.8. The molecule has 4 nitrogen and oxygen atoms in total. The Hall–Kier alpha value is -1.85. The van der Waals surface area contributed by atoms with Gasteiger partial charge in [-0.15, -0.1) is 0 Å². The van der Waals surface area contributed by atoms with Crippen molar-refractivity contribution in [2.24, 2.45) is 0 Å². The number of hydrogen-bond donors (Lipinski definition) is 0. The molecule has 1 atom stereocenters. The highest BCUT2D eigenvalue weighted by atomic mass is 79.9. The van der Waals surface area contributed by atoms with Gasteiger partial charge in [0.1, 0.15) is 6.54 Å². The van der Waals surface area contributed by atoms with Crippen LogP contribution >= 0.6 is 27.5 Å². The Balaban J connectivity index is 2.03. The molecular formula is C20H19BrClNO3. The third-order valence-electron chi connectivity index (χ3n) is 4.49. The molecule has 1 aliphatic rings. The van der Waals surface area contributed by atoms with Gasteiger partial charge in [-0.1, -0.05) is 51.8 Å². The molecule has 0 aliphatic carbocycles. The summed E-state index contributed by atoms with van der Waals surface area (Å²) in [5.41, 5.74) is 3.01. The number of nitrogens with zero attached hydrogens (tertiary/aromatic N) is 1. The van der Waals surface area contributed by atoms with Crippen LogP contribution in [-0.4, -0.2) is 36.5 Å². The summed E-state index contributed by atoms with van der Waals surface area (Å²) in [5.74, 6) is -0.563. The first kappa shape index (κ1) is 18.9. The summed E-state index contributed by atoms with van der Waals surface area (Å²) in [6, 6.07) is 13.5. The minimum Gasteiger partial charge on any atom is -0.465 e. The second kappa shape index (κ2) is 8.23. The fourth-order valence-electron chi connectivity index (χ4n) is 3.29. The van der Waals surface area contributed by atoms with Crippen molar-refractivity contribution in [3.8, 4) is 0 Å². The molecule has 1 aliphatic heterocycles. The van der Waals surface area contributed by atoms with Crippen LogP contribution in [0.15, 0.2) is 46.9 Å². The van der Waals surface area contributed by atoms with E-state index < -0.39 is 5.97 Å². The van der Waals surface area contributed by atoms with E-state index in [1.165, 1.54) is 0 Å². The van der Waals surface area contributed by atoms with Crippen LogP contribution in [0.2, 0.25) is 5.02 Å². The predicted molar refractivity (Wildman–Crippen MR) is 104 cm³/mol. The van der Waals surface area contributed by atoms with E-state index in [9.17, 15) is 9.59 Å². The molecule has 1 heterocycles. The standard InChI is InChI=1S/C20H19BrClNO3/c1-2-26-20(25)12-23-11-17(15-5-3-4-6-18(15)21)16-10-14(22)8-7-13(16)9-19(23)24/h3-8,10,17H,2,9,11-12H2,1H3. The van der Waals surface area contributed by atoms with Crippen molar-refractivity contribution in [1.29, 1.82) is 0 Å². The number of benzene rings is 2. The van der Waals surface area contributed by atoms with E-state index >= 15 is 0 Å². The second-order valence-electron chi connectivity index (χ2n) is 6.17. The quantitative estimate of drug-likeness (QED) is 0.676. The van der Waals surface area contributed by atoms with E-state index in [0.717, 1.165) is 21.2 Å². The molecule has 1 unspecified atom stereocenters. The molecule has 0 spiro atoms. The molecule has 0 radical (unpaired) electrons. The van der Waals surface area contributed by atoms with Crippen LogP contribution in [0, 0.1) is 0 Å². The Morgan fingerprint density at radius 3 is 2.77 bits per heavy atom. The molecule has 0 bridgehead atoms. The number of ether oxygens (including phenoxy) is 1. The van der Waals surface area contributed by atoms with Gasteiger partial charge in [0.2, 0.25) is 5.91 Å². The molecule has 0 saturated heterocycles. The number of carbonyl (C=O) groups excluding carboxylic acids is 2. The molecule has 26 heavy (non-hydrogen) atoms. The van der Waals surface area contributed by atoms with Crippen LogP contribution in [0.4, 0.5) is 0 Å². The zero-order chi connectivity index (χ0) is 18.7. The molecule has 0 fully saturated rings. The molecule has 2 aromatic carbocycles. The van der Waals surface area contributed by atoms with E-state index in [1.807, 2.05) is 36.4 Å².